The van der Waals surface area contributed by atoms with E-state index in [9.17, 15) is 18.8 Å². The number of carbonyl (C=O) groups is 3. The fraction of sp³-hybridized carbons (Fsp3) is 0.150. The van der Waals surface area contributed by atoms with Crippen molar-refractivity contribution in [2.24, 2.45) is 0 Å². The molecule has 0 bridgehead atoms. The lowest BCUT2D eigenvalue weighted by Crippen LogP contribution is -2.27. The number of nitrogens with zero attached hydrogens (tertiary/aromatic N) is 1. The Balaban J connectivity index is 1.75. The minimum Gasteiger partial charge on any atom is -0.481 e. The second-order valence-corrected chi connectivity index (χ2v) is 8.31. The lowest BCUT2D eigenvalue weighted by molar-refractivity contribution is -0.142. The molecule has 0 radical (unpaired) electrons. The molecule has 6 nitrogen and oxygen atoms in total. The molecule has 10 heteroatoms. The first kappa shape index (κ1) is 22.3. The molecule has 0 atom stereocenters. The van der Waals surface area contributed by atoms with Crippen molar-refractivity contribution in [3.8, 4) is 5.75 Å². The van der Waals surface area contributed by atoms with Crippen LogP contribution in [0.2, 0.25) is 5.02 Å². The van der Waals surface area contributed by atoms with Gasteiger partial charge in [-0.3, -0.25) is 14.5 Å². The van der Waals surface area contributed by atoms with Gasteiger partial charge in [-0.2, -0.15) is 0 Å². The molecule has 156 valence electrons. The molecule has 0 aromatic heterocycles. The number of imide groups is 1. The zero-order valence-electron chi connectivity index (χ0n) is 15.5. The number of rotatable bonds is 6. The number of hydrogen-bond acceptors (Lipinski definition) is 6. The number of methoxy groups -OCH3 is 1. The highest BCUT2D eigenvalue weighted by Crippen LogP contribution is 2.35. The standard InChI is InChI=1S/C20H14BrClFNO5S/c1-28-18(25)10-29-16-5-2-11(6-14(16)21)7-17-19(26)24(20(27)30-17)9-12-3-4-13(23)8-15(12)22/h2-8H,9-10H2,1H3/b17-7+. The second kappa shape index (κ2) is 9.63. The summed E-state index contributed by atoms with van der Waals surface area (Å²) >= 11 is 10.2. The first-order valence-corrected chi connectivity index (χ1v) is 10.5. The van der Waals surface area contributed by atoms with Gasteiger partial charge in [0.05, 0.1) is 23.0 Å². The van der Waals surface area contributed by atoms with Crippen LogP contribution in [0.15, 0.2) is 45.8 Å². The maximum atomic E-state index is 13.2. The Morgan fingerprint density at radius 1 is 1.27 bits per heavy atom. The average molecular weight is 515 g/mol. The third-order valence-electron chi connectivity index (χ3n) is 4.04. The molecular formula is C20H14BrClFNO5S. The van der Waals surface area contributed by atoms with Gasteiger partial charge in [-0.25, -0.2) is 9.18 Å². The number of ether oxygens (including phenoxy) is 2. The summed E-state index contributed by atoms with van der Waals surface area (Å²) in [6.45, 7) is -0.287. The highest BCUT2D eigenvalue weighted by Gasteiger charge is 2.35. The maximum absolute atomic E-state index is 13.2. The Kier molecular flexibility index (Phi) is 7.17. The van der Waals surface area contributed by atoms with E-state index in [2.05, 4.69) is 20.7 Å². The Morgan fingerprint density at radius 2 is 2.03 bits per heavy atom. The fourth-order valence-electron chi connectivity index (χ4n) is 2.53. The zero-order chi connectivity index (χ0) is 21.8. The Hall–Kier alpha value is -2.36. The summed E-state index contributed by atoms with van der Waals surface area (Å²) < 4.78 is 23.6. The van der Waals surface area contributed by atoms with Gasteiger partial charge in [-0.05, 0) is 69.2 Å². The van der Waals surface area contributed by atoms with E-state index in [1.165, 1.54) is 19.2 Å². The number of amides is 2. The molecule has 0 saturated carbocycles. The van der Waals surface area contributed by atoms with Gasteiger partial charge in [0, 0.05) is 5.02 Å². The third-order valence-corrected chi connectivity index (χ3v) is 5.92. The normalized spacial score (nSPS) is 15.1. The van der Waals surface area contributed by atoms with Crippen LogP contribution in [0.25, 0.3) is 6.08 Å². The summed E-state index contributed by atoms with van der Waals surface area (Å²) in [5.74, 6) is -1.05. The van der Waals surface area contributed by atoms with Gasteiger partial charge in [0.2, 0.25) is 0 Å². The minimum atomic E-state index is -0.513. The maximum Gasteiger partial charge on any atom is 0.343 e. The fourth-order valence-corrected chi connectivity index (χ4v) is 4.10. The monoisotopic (exact) mass is 513 g/mol. The van der Waals surface area contributed by atoms with Crippen LogP contribution in [0, 0.1) is 5.82 Å². The molecule has 1 aliphatic rings. The van der Waals surface area contributed by atoms with Gasteiger partial charge in [-0.1, -0.05) is 23.7 Å². The average Bonchev–Trinajstić information content (AvgIpc) is 2.96. The van der Waals surface area contributed by atoms with E-state index in [0.717, 1.165) is 22.7 Å². The van der Waals surface area contributed by atoms with Crippen molar-refractivity contribution >= 4 is 62.5 Å². The quantitative estimate of drug-likeness (QED) is 0.398. The number of thioether (sulfide) groups is 1. The predicted octanol–water partition coefficient (Wildman–Crippen LogP) is 5.03. The van der Waals surface area contributed by atoms with Crippen molar-refractivity contribution in [2.75, 3.05) is 13.7 Å². The molecule has 0 unspecified atom stereocenters. The number of benzene rings is 2. The lowest BCUT2D eigenvalue weighted by atomic mass is 10.2. The number of halogens is 3. The van der Waals surface area contributed by atoms with E-state index < -0.39 is 22.9 Å². The number of esters is 1. The van der Waals surface area contributed by atoms with E-state index in [1.54, 1.807) is 24.3 Å². The molecule has 2 aromatic rings. The molecule has 1 saturated heterocycles. The van der Waals surface area contributed by atoms with Crippen molar-refractivity contribution in [3.63, 3.8) is 0 Å². The van der Waals surface area contributed by atoms with Crippen LogP contribution in [0.1, 0.15) is 11.1 Å². The molecular weight excluding hydrogens is 501 g/mol. The lowest BCUT2D eigenvalue weighted by Gasteiger charge is -2.13. The molecule has 0 aliphatic carbocycles. The van der Waals surface area contributed by atoms with Crippen LogP contribution >= 0.6 is 39.3 Å². The summed E-state index contributed by atoms with van der Waals surface area (Å²) in [7, 11) is 1.26. The van der Waals surface area contributed by atoms with Crippen LogP contribution in [-0.4, -0.2) is 35.7 Å². The summed E-state index contributed by atoms with van der Waals surface area (Å²) in [6.07, 6.45) is 1.58. The van der Waals surface area contributed by atoms with Crippen LogP contribution in [-0.2, 0) is 20.9 Å². The van der Waals surface area contributed by atoms with Gasteiger partial charge >= 0.3 is 5.97 Å². The Bertz CT molecular complexity index is 1060. The number of hydrogen-bond donors (Lipinski definition) is 0. The van der Waals surface area contributed by atoms with Crippen LogP contribution in [0.4, 0.5) is 9.18 Å². The minimum absolute atomic E-state index is 0.0505. The molecule has 1 aliphatic heterocycles. The highest BCUT2D eigenvalue weighted by atomic mass is 79.9. The first-order chi connectivity index (χ1) is 14.3. The largest absolute Gasteiger partial charge is 0.481 e. The Morgan fingerprint density at radius 3 is 2.70 bits per heavy atom. The van der Waals surface area contributed by atoms with Crippen molar-refractivity contribution in [2.45, 2.75) is 6.54 Å². The van der Waals surface area contributed by atoms with Gasteiger partial charge < -0.3 is 9.47 Å². The summed E-state index contributed by atoms with van der Waals surface area (Å²) in [6, 6.07) is 8.79. The summed E-state index contributed by atoms with van der Waals surface area (Å²) in [5, 5.41) is -0.298. The van der Waals surface area contributed by atoms with Gasteiger partial charge in [0.25, 0.3) is 11.1 Å². The van der Waals surface area contributed by atoms with E-state index in [0.29, 0.717) is 21.3 Å². The number of carbonyl (C=O) groups excluding carboxylic acids is 3. The van der Waals surface area contributed by atoms with Crippen molar-refractivity contribution < 1.29 is 28.2 Å². The molecule has 0 spiro atoms. The molecule has 1 fully saturated rings. The smallest absolute Gasteiger partial charge is 0.343 e. The van der Waals surface area contributed by atoms with E-state index in [4.69, 9.17) is 16.3 Å². The van der Waals surface area contributed by atoms with E-state index >= 15 is 0 Å². The second-order valence-electron chi connectivity index (χ2n) is 6.06. The van der Waals surface area contributed by atoms with Gasteiger partial charge in [-0.15, -0.1) is 0 Å². The van der Waals surface area contributed by atoms with E-state index in [1.807, 2.05) is 0 Å². The van der Waals surface area contributed by atoms with Gasteiger partial charge in [0.15, 0.2) is 6.61 Å². The van der Waals surface area contributed by atoms with Crippen molar-refractivity contribution in [1.82, 2.24) is 4.90 Å². The molecule has 30 heavy (non-hydrogen) atoms. The van der Waals surface area contributed by atoms with Crippen molar-refractivity contribution in [3.05, 3.63) is 67.7 Å². The zero-order valence-corrected chi connectivity index (χ0v) is 18.6. The van der Waals surface area contributed by atoms with Crippen LogP contribution in [0.5, 0.6) is 5.75 Å². The third kappa shape index (κ3) is 5.21. The van der Waals surface area contributed by atoms with Gasteiger partial charge in [0.1, 0.15) is 11.6 Å². The highest BCUT2D eigenvalue weighted by molar-refractivity contribution is 9.10. The van der Waals surface area contributed by atoms with Crippen molar-refractivity contribution in [1.29, 1.82) is 0 Å². The Labute approximate surface area is 189 Å². The molecule has 0 N–H and O–H groups in total. The topological polar surface area (TPSA) is 72.9 Å². The summed E-state index contributed by atoms with van der Waals surface area (Å²) in [5.41, 5.74) is 1.12. The summed E-state index contributed by atoms with van der Waals surface area (Å²) in [4.78, 5) is 37.5. The molecule has 1 heterocycles. The van der Waals surface area contributed by atoms with Crippen LogP contribution in [0.3, 0.4) is 0 Å². The predicted molar refractivity (Wildman–Crippen MR) is 115 cm³/mol. The molecule has 2 amide bonds. The SMILES string of the molecule is COC(=O)COc1ccc(/C=C2/SC(=O)N(Cc3ccc(F)cc3Cl)C2=O)cc1Br. The first-order valence-electron chi connectivity index (χ1n) is 8.47. The molecule has 2 aromatic carbocycles. The van der Waals surface area contributed by atoms with Crippen LogP contribution < -0.4 is 4.74 Å². The molecule has 3 rings (SSSR count). The van der Waals surface area contributed by atoms with E-state index in [-0.39, 0.29) is 23.1 Å².